The molecule has 0 saturated heterocycles. The minimum Gasteiger partial charge on any atom is -0.484 e. The standard InChI is InChI=1S/C22H22ClN3O2/c1-15-9-10-19(23)12-21(15)26-16(2)11-18(17(26)3)13-24-25-22(27)14-28-20-7-5-4-6-8-20/h4-13H,14H2,1-3H3,(H,25,27)/b24-13-. The van der Waals surface area contributed by atoms with Crippen molar-refractivity contribution in [2.24, 2.45) is 5.10 Å². The molecule has 0 aliphatic rings. The third-order valence-corrected chi connectivity index (χ3v) is 4.62. The smallest absolute Gasteiger partial charge is 0.277 e. The van der Waals surface area contributed by atoms with E-state index in [9.17, 15) is 4.79 Å². The van der Waals surface area contributed by atoms with Crippen molar-refractivity contribution in [3.8, 4) is 11.4 Å². The molecule has 3 rings (SSSR count). The third kappa shape index (κ3) is 4.61. The molecule has 1 heterocycles. The first-order valence-corrected chi connectivity index (χ1v) is 9.28. The Morgan fingerprint density at radius 3 is 2.64 bits per heavy atom. The van der Waals surface area contributed by atoms with Gasteiger partial charge in [-0.3, -0.25) is 4.79 Å². The van der Waals surface area contributed by atoms with Crippen molar-refractivity contribution in [1.29, 1.82) is 0 Å². The number of para-hydroxylation sites is 1. The first-order chi connectivity index (χ1) is 13.5. The molecule has 0 saturated carbocycles. The van der Waals surface area contributed by atoms with E-state index < -0.39 is 0 Å². The van der Waals surface area contributed by atoms with E-state index in [1.165, 1.54) is 0 Å². The number of hydrogen-bond acceptors (Lipinski definition) is 3. The van der Waals surface area contributed by atoms with Gasteiger partial charge in [-0.25, -0.2) is 5.43 Å². The quantitative estimate of drug-likeness (QED) is 0.490. The van der Waals surface area contributed by atoms with Crippen molar-refractivity contribution >= 4 is 23.7 Å². The Bertz CT molecular complexity index is 1010. The van der Waals surface area contributed by atoms with Crippen LogP contribution in [0.1, 0.15) is 22.5 Å². The molecule has 0 radical (unpaired) electrons. The lowest BCUT2D eigenvalue weighted by atomic mass is 10.2. The Balaban J connectivity index is 1.68. The van der Waals surface area contributed by atoms with E-state index in [1.54, 1.807) is 18.3 Å². The van der Waals surface area contributed by atoms with Crippen molar-refractivity contribution in [3.05, 3.63) is 82.1 Å². The van der Waals surface area contributed by atoms with Crippen LogP contribution in [-0.4, -0.2) is 23.3 Å². The minimum absolute atomic E-state index is 0.0952. The second-order valence-corrected chi connectivity index (χ2v) is 6.92. The van der Waals surface area contributed by atoms with Crippen LogP contribution in [0.5, 0.6) is 5.75 Å². The van der Waals surface area contributed by atoms with Crippen molar-refractivity contribution in [3.63, 3.8) is 0 Å². The van der Waals surface area contributed by atoms with Crippen LogP contribution in [0.25, 0.3) is 5.69 Å². The van der Waals surface area contributed by atoms with Crippen LogP contribution >= 0.6 is 11.6 Å². The Labute approximate surface area is 169 Å². The number of hydrogen-bond donors (Lipinski definition) is 1. The summed E-state index contributed by atoms with van der Waals surface area (Å²) in [6, 6.07) is 17.0. The summed E-state index contributed by atoms with van der Waals surface area (Å²) in [5, 5.41) is 4.75. The molecule has 0 unspecified atom stereocenters. The van der Waals surface area contributed by atoms with Gasteiger partial charge in [0.05, 0.1) is 6.21 Å². The number of hydrazone groups is 1. The van der Waals surface area contributed by atoms with Crippen LogP contribution in [0.3, 0.4) is 0 Å². The molecule has 0 aliphatic carbocycles. The molecule has 0 bridgehead atoms. The number of nitrogens with zero attached hydrogens (tertiary/aromatic N) is 2. The second-order valence-electron chi connectivity index (χ2n) is 6.49. The summed E-state index contributed by atoms with van der Waals surface area (Å²) in [5.41, 5.74) is 7.64. The largest absolute Gasteiger partial charge is 0.484 e. The van der Waals surface area contributed by atoms with Gasteiger partial charge in [-0.05, 0) is 56.7 Å². The van der Waals surface area contributed by atoms with Crippen molar-refractivity contribution in [2.75, 3.05) is 6.61 Å². The van der Waals surface area contributed by atoms with Gasteiger partial charge >= 0.3 is 0 Å². The molecule has 1 aromatic heterocycles. The van der Waals surface area contributed by atoms with E-state index in [1.807, 2.05) is 63.2 Å². The maximum atomic E-state index is 11.9. The average molecular weight is 396 g/mol. The molecule has 0 aliphatic heterocycles. The predicted octanol–water partition coefficient (Wildman–Crippen LogP) is 4.59. The fourth-order valence-corrected chi connectivity index (χ4v) is 3.15. The number of rotatable bonds is 6. The summed E-state index contributed by atoms with van der Waals surface area (Å²) < 4.78 is 7.53. The Kier molecular flexibility index (Phi) is 6.16. The van der Waals surface area contributed by atoms with Gasteiger partial charge in [0.2, 0.25) is 0 Å². The number of benzene rings is 2. The van der Waals surface area contributed by atoms with Crippen LogP contribution in [0, 0.1) is 20.8 Å². The molecular weight excluding hydrogens is 374 g/mol. The maximum Gasteiger partial charge on any atom is 0.277 e. The number of carbonyl (C=O) groups excluding carboxylic acids is 1. The SMILES string of the molecule is Cc1ccc(Cl)cc1-n1c(C)cc(/C=N\NC(=O)COc2ccccc2)c1C. The highest BCUT2D eigenvalue weighted by molar-refractivity contribution is 6.30. The number of ether oxygens (including phenoxy) is 1. The number of halogens is 1. The van der Waals surface area contributed by atoms with Crippen LogP contribution in [-0.2, 0) is 4.79 Å². The summed E-state index contributed by atoms with van der Waals surface area (Å²) in [4.78, 5) is 11.9. The highest BCUT2D eigenvalue weighted by atomic mass is 35.5. The molecule has 1 amide bonds. The Morgan fingerprint density at radius 2 is 1.89 bits per heavy atom. The summed E-state index contributed by atoms with van der Waals surface area (Å²) in [5.74, 6) is 0.321. The molecule has 0 fully saturated rings. The van der Waals surface area contributed by atoms with E-state index in [0.29, 0.717) is 10.8 Å². The van der Waals surface area contributed by atoms with E-state index in [4.69, 9.17) is 16.3 Å². The maximum absolute atomic E-state index is 11.9. The molecule has 0 spiro atoms. The molecule has 28 heavy (non-hydrogen) atoms. The van der Waals surface area contributed by atoms with Crippen LogP contribution < -0.4 is 10.2 Å². The monoisotopic (exact) mass is 395 g/mol. The molecule has 1 N–H and O–H groups in total. The first kappa shape index (κ1) is 19.7. The zero-order chi connectivity index (χ0) is 20.1. The second kappa shape index (κ2) is 8.76. The zero-order valence-corrected chi connectivity index (χ0v) is 16.8. The summed E-state index contributed by atoms with van der Waals surface area (Å²) in [7, 11) is 0. The van der Waals surface area contributed by atoms with Gasteiger partial charge in [0.1, 0.15) is 5.75 Å². The van der Waals surface area contributed by atoms with Gasteiger partial charge in [0.15, 0.2) is 6.61 Å². The summed E-state index contributed by atoms with van der Waals surface area (Å²) >= 11 is 6.17. The van der Waals surface area contributed by atoms with E-state index in [2.05, 4.69) is 15.1 Å². The number of aromatic nitrogens is 1. The fourth-order valence-electron chi connectivity index (χ4n) is 2.98. The minimum atomic E-state index is -0.320. The fraction of sp³-hybridized carbons (Fsp3) is 0.182. The topological polar surface area (TPSA) is 55.6 Å². The lowest BCUT2D eigenvalue weighted by molar-refractivity contribution is -0.123. The number of amides is 1. The van der Waals surface area contributed by atoms with Gasteiger partial charge in [-0.15, -0.1) is 0 Å². The molecule has 2 aromatic carbocycles. The number of nitrogens with one attached hydrogen (secondary N) is 1. The molecule has 6 heteroatoms. The van der Waals surface area contributed by atoms with Crippen LogP contribution in [0.2, 0.25) is 5.02 Å². The molecule has 5 nitrogen and oxygen atoms in total. The van der Waals surface area contributed by atoms with Crippen LogP contribution in [0.4, 0.5) is 0 Å². The number of carbonyl (C=O) groups is 1. The van der Waals surface area contributed by atoms with Gasteiger partial charge in [-0.1, -0.05) is 35.9 Å². The Morgan fingerprint density at radius 1 is 1.14 bits per heavy atom. The van der Waals surface area contributed by atoms with E-state index >= 15 is 0 Å². The lowest BCUT2D eigenvalue weighted by Gasteiger charge is -2.13. The first-order valence-electron chi connectivity index (χ1n) is 8.91. The van der Waals surface area contributed by atoms with Gasteiger partial charge in [0, 0.05) is 27.7 Å². The highest BCUT2D eigenvalue weighted by Gasteiger charge is 2.12. The lowest BCUT2D eigenvalue weighted by Crippen LogP contribution is -2.24. The van der Waals surface area contributed by atoms with Crippen molar-refractivity contribution in [1.82, 2.24) is 9.99 Å². The van der Waals surface area contributed by atoms with Crippen molar-refractivity contribution < 1.29 is 9.53 Å². The zero-order valence-electron chi connectivity index (χ0n) is 16.1. The van der Waals surface area contributed by atoms with Crippen LogP contribution in [0.15, 0.2) is 59.7 Å². The molecular formula is C22H22ClN3O2. The third-order valence-electron chi connectivity index (χ3n) is 4.39. The molecule has 0 atom stereocenters. The van der Waals surface area contributed by atoms with Gasteiger partial charge < -0.3 is 9.30 Å². The molecule has 3 aromatic rings. The summed E-state index contributed by atoms with van der Waals surface area (Å²) in [6.07, 6.45) is 1.64. The van der Waals surface area contributed by atoms with E-state index in [0.717, 1.165) is 28.2 Å². The normalized spacial score (nSPS) is 11.0. The highest BCUT2D eigenvalue weighted by Crippen LogP contribution is 2.25. The number of aryl methyl sites for hydroxylation is 2. The average Bonchev–Trinajstić information content (AvgIpc) is 2.96. The summed E-state index contributed by atoms with van der Waals surface area (Å²) in [6.45, 7) is 5.99. The Hall–Kier alpha value is -3.05. The van der Waals surface area contributed by atoms with E-state index in [-0.39, 0.29) is 12.5 Å². The van der Waals surface area contributed by atoms with Gasteiger partial charge in [0.25, 0.3) is 5.91 Å². The predicted molar refractivity (Wildman–Crippen MR) is 113 cm³/mol. The van der Waals surface area contributed by atoms with Crippen molar-refractivity contribution in [2.45, 2.75) is 20.8 Å². The van der Waals surface area contributed by atoms with Gasteiger partial charge in [-0.2, -0.15) is 5.10 Å². The molecule has 144 valence electrons.